The van der Waals surface area contributed by atoms with Crippen molar-refractivity contribution in [3.63, 3.8) is 0 Å². The van der Waals surface area contributed by atoms with Crippen molar-refractivity contribution in [3.05, 3.63) is 0 Å². The Hall–Kier alpha value is -1.14. The monoisotopic (exact) mass is 379 g/mol. The van der Waals surface area contributed by atoms with E-state index >= 15 is 0 Å². The molecule has 3 aliphatic rings. The molecule has 6 heteroatoms. The molecule has 3 fully saturated rings. The van der Waals surface area contributed by atoms with Gasteiger partial charge < -0.3 is 19.4 Å². The van der Waals surface area contributed by atoms with E-state index in [1.165, 1.54) is 0 Å². The van der Waals surface area contributed by atoms with Gasteiger partial charge in [0.1, 0.15) is 0 Å². The van der Waals surface area contributed by atoms with E-state index in [2.05, 4.69) is 30.6 Å². The number of hydrogen-bond acceptors (Lipinski definition) is 4. The van der Waals surface area contributed by atoms with Crippen molar-refractivity contribution < 1.29 is 14.3 Å². The molecule has 0 radical (unpaired) electrons. The number of carbonyl (C=O) groups is 2. The predicted octanol–water partition coefficient (Wildman–Crippen LogP) is 1.98. The van der Waals surface area contributed by atoms with E-state index in [1.54, 1.807) is 0 Å². The van der Waals surface area contributed by atoms with Gasteiger partial charge in [0.25, 0.3) is 0 Å². The molecule has 0 spiro atoms. The molecule has 0 aromatic rings. The summed E-state index contributed by atoms with van der Waals surface area (Å²) in [6.45, 7) is 13.0. The average Bonchev–Trinajstić information content (AvgIpc) is 2.67. The van der Waals surface area contributed by atoms with Gasteiger partial charge >= 0.3 is 0 Å². The zero-order chi connectivity index (χ0) is 19.4. The summed E-state index contributed by atoms with van der Waals surface area (Å²) >= 11 is 0. The van der Waals surface area contributed by atoms with E-state index in [4.69, 9.17) is 4.74 Å². The molecule has 2 amide bonds. The van der Waals surface area contributed by atoms with Crippen LogP contribution in [-0.4, -0.2) is 85.0 Å². The van der Waals surface area contributed by atoms with Crippen LogP contribution in [0.25, 0.3) is 0 Å². The van der Waals surface area contributed by atoms with Gasteiger partial charge in [0.2, 0.25) is 11.8 Å². The SMILES string of the molecule is CC(C)(C)CC(=O)N1CCC(N2CCC(C(=O)N3CCOCC3)CC2)CC1. The standard InChI is InChI=1S/C21H37N3O3/c1-21(2,3)16-19(25)23-10-6-18(7-11-23)22-8-4-17(5-9-22)20(26)24-12-14-27-15-13-24/h17-18H,4-16H2,1-3H3. The smallest absolute Gasteiger partial charge is 0.225 e. The highest BCUT2D eigenvalue weighted by Gasteiger charge is 2.33. The number of hydrogen-bond donors (Lipinski definition) is 0. The molecule has 0 aromatic carbocycles. The number of rotatable bonds is 3. The number of ether oxygens (including phenoxy) is 1. The number of carbonyl (C=O) groups excluding carboxylic acids is 2. The van der Waals surface area contributed by atoms with Gasteiger partial charge in [-0.1, -0.05) is 20.8 Å². The van der Waals surface area contributed by atoms with Crippen molar-refractivity contribution in [2.75, 3.05) is 52.5 Å². The first-order valence-electron chi connectivity index (χ1n) is 10.7. The predicted molar refractivity (Wildman–Crippen MR) is 105 cm³/mol. The lowest BCUT2D eigenvalue weighted by Crippen LogP contribution is -2.51. The molecule has 0 aromatic heterocycles. The van der Waals surface area contributed by atoms with Crippen LogP contribution in [0.3, 0.4) is 0 Å². The van der Waals surface area contributed by atoms with Crippen LogP contribution in [0.5, 0.6) is 0 Å². The first-order valence-corrected chi connectivity index (χ1v) is 10.7. The van der Waals surface area contributed by atoms with Crippen molar-refractivity contribution in [1.29, 1.82) is 0 Å². The zero-order valence-electron chi connectivity index (χ0n) is 17.4. The molecule has 0 saturated carbocycles. The van der Waals surface area contributed by atoms with Gasteiger partial charge in [-0.15, -0.1) is 0 Å². The second kappa shape index (κ2) is 8.91. The van der Waals surface area contributed by atoms with E-state index in [-0.39, 0.29) is 11.3 Å². The maximum Gasteiger partial charge on any atom is 0.225 e. The van der Waals surface area contributed by atoms with Crippen molar-refractivity contribution >= 4 is 11.8 Å². The Morgan fingerprint density at radius 1 is 0.852 bits per heavy atom. The third-order valence-corrected chi connectivity index (χ3v) is 6.22. The van der Waals surface area contributed by atoms with Gasteiger partial charge in [0.15, 0.2) is 0 Å². The number of amides is 2. The maximum atomic E-state index is 12.7. The van der Waals surface area contributed by atoms with Crippen LogP contribution in [0.15, 0.2) is 0 Å². The van der Waals surface area contributed by atoms with Crippen LogP contribution in [0.1, 0.15) is 52.9 Å². The Labute approximate surface area is 164 Å². The van der Waals surface area contributed by atoms with Crippen molar-refractivity contribution in [1.82, 2.24) is 14.7 Å². The second-order valence-corrected chi connectivity index (χ2v) is 9.60. The van der Waals surface area contributed by atoms with Crippen molar-refractivity contribution in [2.45, 2.75) is 58.9 Å². The first-order chi connectivity index (χ1) is 12.8. The van der Waals surface area contributed by atoms with Gasteiger partial charge in [0.05, 0.1) is 13.2 Å². The minimum absolute atomic E-state index is 0.0584. The number of nitrogens with zero attached hydrogens (tertiary/aromatic N) is 3. The quantitative estimate of drug-likeness (QED) is 0.752. The number of likely N-dealkylation sites (tertiary alicyclic amines) is 2. The number of piperidine rings is 2. The molecular weight excluding hydrogens is 342 g/mol. The summed E-state index contributed by atoms with van der Waals surface area (Å²) in [7, 11) is 0. The van der Waals surface area contributed by atoms with Crippen molar-refractivity contribution in [3.8, 4) is 0 Å². The molecule has 0 unspecified atom stereocenters. The summed E-state index contributed by atoms with van der Waals surface area (Å²) in [6.07, 6.45) is 4.71. The van der Waals surface area contributed by atoms with Crippen LogP contribution < -0.4 is 0 Å². The Morgan fingerprint density at radius 2 is 1.44 bits per heavy atom. The Kier molecular flexibility index (Phi) is 6.79. The Balaban J connectivity index is 1.40. The average molecular weight is 380 g/mol. The molecule has 0 aliphatic carbocycles. The van der Waals surface area contributed by atoms with Crippen LogP contribution in [0.2, 0.25) is 0 Å². The molecule has 3 aliphatic heterocycles. The Bertz CT molecular complexity index is 509. The molecule has 0 N–H and O–H groups in total. The molecule has 0 bridgehead atoms. The summed E-state index contributed by atoms with van der Waals surface area (Å²) in [5.41, 5.74) is 0.0584. The van der Waals surface area contributed by atoms with Crippen LogP contribution in [-0.2, 0) is 14.3 Å². The zero-order valence-corrected chi connectivity index (χ0v) is 17.4. The van der Waals surface area contributed by atoms with E-state index in [9.17, 15) is 9.59 Å². The summed E-state index contributed by atoms with van der Waals surface area (Å²) < 4.78 is 5.36. The fraction of sp³-hybridized carbons (Fsp3) is 0.905. The van der Waals surface area contributed by atoms with Gasteiger partial charge in [-0.2, -0.15) is 0 Å². The molecule has 27 heavy (non-hydrogen) atoms. The van der Waals surface area contributed by atoms with Gasteiger partial charge in [-0.3, -0.25) is 9.59 Å². The van der Waals surface area contributed by atoms with Gasteiger partial charge in [-0.05, 0) is 44.2 Å². The lowest BCUT2D eigenvalue weighted by atomic mass is 9.90. The van der Waals surface area contributed by atoms with Crippen LogP contribution in [0.4, 0.5) is 0 Å². The lowest BCUT2D eigenvalue weighted by molar-refractivity contribution is -0.142. The fourth-order valence-electron chi connectivity index (χ4n) is 4.60. The second-order valence-electron chi connectivity index (χ2n) is 9.60. The highest BCUT2D eigenvalue weighted by atomic mass is 16.5. The third kappa shape index (κ3) is 5.67. The molecule has 3 rings (SSSR count). The topological polar surface area (TPSA) is 53.1 Å². The van der Waals surface area contributed by atoms with E-state index in [0.29, 0.717) is 37.5 Å². The summed E-state index contributed by atoms with van der Waals surface area (Å²) in [4.78, 5) is 31.7. The number of morpholine rings is 1. The summed E-state index contributed by atoms with van der Waals surface area (Å²) in [5.74, 6) is 0.823. The molecule has 154 valence electrons. The maximum absolute atomic E-state index is 12.7. The summed E-state index contributed by atoms with van der Waals surface area (Å²) in [5, 5.41) is 0. The normalized spacial score (nSPS) is 24.3. The van der Waals surface area contributed by atoms with Crippen LogP contribution >= 0.6 is 0 Å². The molecule has 3 heterocycles. The molecule has 3 saturated heterocycles. The molecule has 6 nitrogen and oxygen atoms in total. The minimum Gasteiger partial charge on any atom is -0.378 e. The Morgan fingerprint density at radius 3 is 2.00 bits per heavy atom. The fourth-order valence-corrected chi connectivity index (χ4v) is 4.60. The minimum atomic E-state index is 0.0584. The van der Waals surface area contributed by atoms with E-state index in [1.807, 2.05) is 4.90 Å². The van der Waals surface area contributed by atoms with Crippen LogP contribution in [0, 0.1) is 11.3 Å². The van der Waals surface area contributed by atoms with Gasteiger partial charge in [0, 0.05) is 44.6 Å². The highest BCUT2D eigenvalue weighted by molar-refractivity contribution is 5.79. The van der Waals surface area contributed by atoms with E-state index in [0.717, 1.165) is 65.0 Å². The largest absolute Gasteiger partial charge is 0.378 e. The molecule has 0 atom stereocenters. The first kappa shape index (κ1) is 20.6. The van der Waals surface area contributed by atoms with Gasteiger partial charge in [-0.25, -0.2) is 0 Å². The highest BCUT2D eigenvalue weighted by Crippen LogP contribution is 2.27. The summed E-state index contributed by atoms with van der Waals surface area (Å²) in [6, 6.07) is 0.572. The molecular formula is C21H37N3O3. The van der Waals surface area contributed by atoms with E-state index < -0.39 is 0 Å². The lowest BCUT2D eigenvalue weighted by Gasteiger charge is -2.42. The van der Waals surface area contributed by atoms with Crippen molar-refractivity contribution in [2.24, 2.45) is 11.3 Å². The third-order valence-electron chi connectivity index (χ3n) is 6.22.